The van der Waals surface area contributed by atoms with Gasteiger partial charge in [-0.15, -0.1) is 11.6 Å². The molecule has 0 saturated heterocycles. The maximum Gasteiger partial charge on any atom is 0.223 e. The number of alkyl halides is 1. The first-order valence-electron chi connectivity index (χ1n) is 5.25. The molecule has 3 atom stereocenters. The normalized spacial score (nSPS) is 27.9. The molecule has 3 heteroatoms. The van der Waals surface area contributed by atoms with E-state index in [0.717, 1.165) is 6.42 Å². The minimum Gasteiger partial charge on any atom is -0.353 e. The minimum atomic E-state index is 0.177. The van der Waals surface area contributed by atoms with Crippen molar-refractivity contribution in [1.29, 1.82) is 0 Å². The Labute approximate surface area is 91.4 Å². The number of hydrogen-bond acceptors (Lipinski definition) is 1. The smallest absolute Gasteiger partial charge is 0.223 e. The fourth-order valence-electron chi connectivity index (χ4n) is 1.52. The minimum absolute atomic E-state index is 0.177. The molecule has 0 aliphatic heterocycles. The van der Waals surface area contributed by atoms with Crippen molar-refractivity contribution in [2.24, 2.45) is 17.3 Å². The Morgan fingerprint density at radius 2 is 2.07 bits per heavy atom. The van der Waals surface area contributed by atoms with E-state index in [2.05, 4.69) is 26.1 Å². The van der Waals surface area contributed by atoms with Crippen LogP contribution in [0, 0.1) is 17.3 Å². The van der Waals surface area contributed by atoms with Crippen LogP contribution in [0.2, 0.25) is 0 Å². The highest BCUT2D eigenvalue weighted by Crippen LogP contribution is 2.51. The lowest BCUT2D eigenvalue weighted by Crippen LogP contribution is -2.39. The number of carbonyl (C=O) groups excluding carboxylic acids is 1. The monoisotopic (exact) mass is 217 g/mol. The Bertz CT molecular complexity index is 227. The topological polar surface area (TPSA) is 29.1 Å². The van der Waals surface area contributed by atoms with Gasteiger partial charge in [0.2, 0.25) is 5.91 Å². The lowest BCUT2D eigenvalue weighted by atomic mass is 10.1. The Kier molecular flexibility index (Phi) is 3.46. The lowest BCUT2D eigenvalue weighted by Gasteiger charge is -2.19. The van der Waals surface area contributed by atoms with Crippen LogP contribution in [0.4, 0.5) is 0 Å². The summed E-state index contributed by atoms with van der Waals surface area (Å²) in [5.41, 5.74) is 0.216. The first-order valence-corrected chi connectivity index (χ1v) is 5.78. The number of carbonyl (C=O) groups is 1. The number of amides is 1. The quantitative estimate of drug-likeness (QED) is 0.720. The molecule has 1 saturated carbocycles. The zero-order chi connectivity index (χ0) is 10.9. The molecule has 0 aromatic heterocycles. The number of nitrogens with one attached hydrogen (secondary N) is 1. The van der Waals surface area contributed by atoms with Crippen molar-refractivity contribution in [2.45, 2.75) is 40.2 Å². The molecule has 0 spiro atoms. The summed E-state index contributed by atoms with van der Waals surface area (Å²) < 4.78 is 0. The molecule has 0 radical (unpaired) electrons. The third-order valence-electron chi connectivity index (χ3n) is 3.30. The molecule has 1 N–H and O–H groups in total. The SMILES string of the molecule is CC(CCl)C(C)NC(=O)C1CC1(C)C. The molecule has 1 rings (SSSR count). The summed E-state index contributed by atoms with van der Waals surface area (Å²) in [5, 5.41) is 3.02. The largest absolute Gasteiger partial charge is 0.353 e. The van der Waals surface area contributed by atoms with Gasteiger partial charge in [0, 0.05) is 17.8 Å². The van der Waals surface area contributed by atoms with Gasteiger partial charge in [0.05, 0.1) is 0 Å². The molecule has 2 nitrogen and oxygen atoms in total. The Hall–Kier alpha value is -0.240. The van der Waals surface area contributed by atoms with Gasteiger partial charge < -0.3 is 5.32 Å². The average Bonchev–Trinajstić information content (AvgIpc) is 2.73. The molecule has 3 unspecified atom stereocenters. The van der Waals surface area contributed by atoms with Gasteiger partial charge >= 0.3 is 0 Å². The summed E-state index contributed by atoms with van der Waals surface area (Å²) in [5.74, 6) is 1.34. The molecule has 82 valence electrons. The highest BCUT2D eigenvalue weighted by molar-refractivity contribution is 6.18. The van der Waals surface area contributed by atoms with E-state index in [9.17, 15) is 4.79 Å². The maximum atomic E-state index is 11.7. The van der Waals surface area contributed by atoms with Crippen molar-refractivity contribution in [3.05, 3.63) is 0 Å². The van der Waals surface area contributed by atoms with Gasteiger partial charge in [-0.25, -0.2) is 0 Å². The van der Waals surface area contributed by atoms with Gasteiger partial charge in [-0.2, -0.15) is 0 Å². The third kappa shape index (κ3) is 2.63. The van der Waals surface area contributed by atoms with E-state index in [1.807, 2.05) is 6.92 Å². The van der Waals surface area contributed by atoms with Crippen molar-refractivity contribution in [3.8, 4) is 0 Å². The summed E-state index contributed by atoms with van der Waals surface area (Å²) in [6, 6.07) is 0.177. The van der Waals surface area contributed by atoms with E-state index >= 15 is 0 Å². The first-order chi connectivity index (χ1) is 6.38. The number of hydrogen-bond donors (Lipinski definition) is 1. The second-order valence-corrected chi connectivity index (χ2v) is 5.48. The number of halogens is 1. The second-order valence-electron chi connectivity index (χ2n) is 5.17. The molecule has 1 aliphatic carbocycles. The predicted octanol–water partition coefficient (Wildman–Crippen LogP) is 2.41. The summed E-state index contributed by atoms with van der Waals surface area (Å²) in [7, 11) is 0. The fraction of sp³-hybridized carbons (Fsp3) is 0.909. The van der Waals surface area contributed by atoms with Crippen molar-refractivity contribution in [1.82, 2.24) is 5.32 Å². The second kappa shape index (κ2) is 4.09. The van der Waals surface area contributed by atoms with Gasteiger partial charge in [-0.1, -0.05) is 20.8 Å². The van der Waals surface area contributed by atoms with Crippen LogP contribution >= 0.6 is 11.6 Å². The molecule has 1 aliphatic rings. The van der Waals surface area contributed by atoms with E-state index in [-0.39, 0.29) is 23.3 Å². The Morgan fingerprint density at radius 3 is 2.43 bits per heavy atom. The van der Waals surface area contributed by atoms with Crippen LogP contribution in [0.5, 0.6) is 0 Å². The molecule has 1 amide bonds. The van der Waals surface area contributed by atoms with Gasteiger partial charge in [0.1, 0.15) is 0 Å². The molecule has 0 heterocycles. The van der Waals surface area contributed by atoms with Crippen LogP contribution in [-0.2, 0) is 4.79 Å². The molecule has 14 heavy (non-hydrogen) atoms. The molecular weight excluding hydrogens is 198 g/mol. The fourth-order valence-corrected chi connectivity index (χ4v) is 1.78. The van der Waals surface area contributed by atoms with Crippen LogP contribution in [0.25, 0.3) is 0 Å². The summed E-state index contributed by atoms with van der Waals surface area (Å²) in [4.78, 5) is 11.7. The molecule has 1 fully saturated rings. The van der Waals surface area contributed by atoms with Gasteiger partial charge in [-0.3, -0.25) is 4.79 Å². The van der Waals surface area contributed by atoms with Gasteiger partial charge in [0.15, 0.2) is 0 Å². The zero-order valence-corrected chi connectivity index (χ0v) is 10.2. The maximum absolute atomic E-state index is 11.7. The van der Waals surface area contributed by atoms with Crippen molar-refractivity contribution in [3.63, 3.8) is 0 Å². The van der Waals surface area contributed by atoms with Gasteiger partial charge in [-0.05, 0) is 24.7 Å². The van der Waals surface area contributed by atoms with Gasteiger partial charge in [0.25, 0.3) is 0 Å². The van der Waals surface area contributed by atoms with E-state index in [1.165, 1.54) is 0 Å². The third-order valence-corrected chi connectivity index (χ3v) is 3.78. The van der Waals surface area contributed by atoms with Crippen LogP contribution in [0.1, 0.15) is 34.1 Å². The van der Waals surface area contributed by atoms with Crippen LogP contribution in [0.3, 0.4) is 0 Å². The van der Waals surface area contributed by atoms with Crippen molar-refractivity contribution < 1.29 is 4.79 Å². The molecule has 0 aromatic rings. The van der Waals surface area contributed by atoms with Crippen LogP contribution < -0.4 is 5.32 Å². The number of rotatable bonds is 4. The van der Waals surface area contributed by atoms with Crippen LogP contribution in [0.15, 0.2) is 0 Å². The average molecular weight is 218 g/mol. The first kappa shape index (κ1) is 11.8. The highest BCUT2D eigenvalue weighted by Gasteiger charge is 2.50. The Morgan fingerprint density at radius 1 is 1.57 bits per heavy atom. The van der Waals surface area contributed by atoms with Crippen LogP contribution in [-0.4, -0.2) is 17.8 Å². The summed E-state index contributed by atoms with van der Waals surface area (Å²) >= 11 is 5.73. The van der Waals surface area contributed by atoms with E-state index in [4.69, 9.17) is 11.6 Å². The van der Waals surface area contributed by atoms with E-state index in [0.29, 0.717) is 11.8 Å². The predicted molar refractivity (Wildman–Crippen MR) is 59.4 cm³/mol. The highest BCUT2D eigenvalue weighted by atomic mass is 35.5. The standard InChI is InChI=1S/C11H20ClNO/c1-7(6-12)8(2)13-10(14)9-5-11(9,3)4/h7-9H,5-6H2,1-4H3,(H,13,14). The molecule has 0 aromatic carbocycles. The van der Waals surface area contributed by atoms with E-state index in [1.54, 1.807) is 0 Å². The summed E-state index contributed by atoms with van der Waals surface area (Å²) in [6.07, 6.45) is 1.01. The van der Waals surface area contributed by atoms with E-state index < -0.39 is 0 Å². The lowest BCUT2D eigenvalue weighted by molar-refractivity contribution is -0.123. The molecule has 0 bridgehead atoms. The van der Waals surface area contributed by atoms with Crippen molar-refractivity contribution in [2.75, 3.05) is 5.88 Å². The molecular formula is C11H20ClNO. The summed E-state index contributed by atoms with van der Waals surface area (Å²) in [6.45, 7) is 8.33. The zero-order valence-electron chi connectivity index (χ0n) is 9.43. The van der Waals surface area contributed by atoms with Crippen molar-refractivity contribution >= 4 is 17.5 Å². The Balaban J connectivity index is 2.35.